The van der Waals surface area contributed by atoms with E-state index in [0.29, 0.717) is 31.1 Å². The van der Waals surface area contributed by atoms with E-state index < -0.39 is 36.6 Å². The Balaban J connectivity index is 1.81. The maximum atomic E-state index is 11.6. The van der Waals surface area contributed by atoms with Gasteiger partial charge in [0.25, 0.3) is 0 Å². The number of fused-ring (bicyclic) bond motifs is 7. The Kier molecular flexibility index (Phi) is 4.39. The molecule has 9 atom stereocenters. The van der Waals surface area contributed by atoms with Gasteiger partial charge in [-0.1, -0.05) is 33.5 Å². The van der Waals surface area contributed by atoms with E-state index >= 15 is 0 Å². The second-order valence-corrected chi connectivity index (χ2v) is 19.0. The lowest BCUT2D eigenvalue weighted by molar-refractivity contribution is -0.194. The smallest absolute Gasteiger partial charge is 0.164 e. The van der Waals surface area contributed by atoms with Crippen LogP contribution in [0.2, 0.25) is 19.6 Å². The van der Waals surface area contributed by atoms with Gasteiger partial charge in [-0.15, -0.1) is 0 Å². The highest BCUT2D eigenvalue weighted by molar-refractivity contribution is 6.83. The van der Waals surface area contributed by atoms with Crippen LogP contribution >= 0.6 is 0 Å². The quantitative estimate of drug-likeness (QED) is 0.568. The Labute approximate surface area is 194 Å². The normalized spacial score (nSPS) is 52.9. The van der Waals surface area contributed by atoms with Crippen molar-refractivity contribution in [3.05, 3.63) is 10.8 Å². The van der Waals surface area contributed by atoms with Crippen molar-refractivity contribution in [1.29, 1.82) is 5.26 Å². The van der Waals surface area contributed by atoms with Gasteiger partial charge in [0, 0.05) is 5.92 Å². The Morgan fingerprint density at radius 1 is 1.06 bits per heavy atom. The number of aliphatic hydroxyl groups excluding tert-OH is 1. The topological polar surface area (TPSA) is 82.7 Å². The summed E-state index contributed by atoms with van der Waals surface area (Å²) in [5.74, 6) is -0.149. The average Bonchev–Trinajstić information content (AvgIpc) is 2.90. The summed E-state index contributed by atoms with van der Waals surface area (Å²) in [5.41, 5.74) is -1.27. The van der Waals surface area contributed by atoms with Gasteiger partial charge in [0.2, 0.25) is 0 Å². The molecule has 2 N–H and O–H groups in total. The molecule has 3 saturated carbocycles. The Morgan fingerprint density at radius 2 is 1.69 bits per heavy atom. The van der Waals surface area contributed by atoms with Crippen molar-refractivity contribution in [1.82, 2.24) is 0 Å². The summed E-state index contributed by atoms with van der Waals surface area (Å²) in [4.78, 5) is 0. The third kappa shape index (κ3) is 2.69. The molecule has 0 radical (unpaired) electrons. The van der Waals surface area contributed by atoms with Gasteiger partial charge >= 0.3 is 0 Å². The van der Waals surface area contributed by atoms with E-state index in [2.05, 4.69) is 46.5 Å². The van der Waals surface area contributed by atoms with Gasteiger partial charge < -0.3 is 19.7 Å². The lowest BCUT2D eigenvalue weighted by Gasteiger charge is -2.49. The van der Waals surface area contributed by atoms with Crippen molar-refractivity contribution < 1.29 is 19.7 Å². The summed E-state index contributed by atoms with van der Waals surface area (Å²) in [6.45, 7) is 19.4. The summed E-state index contributed by atoms with van der Waals surface area (Å²) < 4.78 is 13.5. The van der Waals surface area contributed by atoms with Crippen molar-refractivity contribution in [2.75, 3.05) is 0 Å². The van der Waals surface area contributed by atoms with Gasteiger partial charge in [-0.05, 0) is 80.9 Å². The second-order valence-electron chi connectivity index (χ2n) is 14.0. The fraction of sp³-hybridized carbons (Fsp3) is 0.885. The van der Waals surface area contributed by atoms with Crippen LogP contribution in [0.3, 0.4) is 0 Å². The van der Waals surface area contributed by atoms with E-state index in [-0.39, 0.29) is 23.4 Å². The summed E-state index contributed by atoms with van der Waals surface area (Å²) in [7, 11) is -1.92. The Morgan fingerprint density at radius 3 is 2.25 bits per heavy atom. The van der Waals surface area contributed by atoms with E-state index in [9.17, 15) is 15.5 Å². The maximum Gasteiger partial charge on any atom is 0.164 e. The maximum absolute atomic E-state index is 11.6. The number of nitrogens with zero attached hydrogens (tertiary/aromatic N) is 1. The largest absolute Gasteiger partial charge is 0.391 e. The first-order valence-corrected chi connectivity index (χ1v) is 15.9. The van der Waals surface area contributed by atoms with Gasteiger partial charge in [0.15, 0.2) is 5.79 Å². The lowest BCUT2D eigenvalue weighted by Crippen LogP contribution is -2.57. The third-order valence-electron chi connectivity index (χ3n) is 9.87. The summed E-state index contributed by atoms with van der Waals surface area (Å²) in [6.07, 6.45) is 0.855. The van der Waals surface area contributed by atoms with Crippen LogP contribution in [0.4, 0.5) is 0 Å². The van der Waals surface area contributed by atoms with Crippen molar-refractivity contribution >= 4 is 8.07 Å². The molecule has 6 heteroatoms. The first-order valence-electron chi connectivity index (χ1n) is 12.4. The van der Waals surface area contributed by atoms with E-state index in [1.165, 1.54) is 10.8 Å². The van der Waals surface area contributed by atoms with Crippen molar-refractivity contribution in [3.8, 4) is 6.07 Å². The molecule has 0 spiro atoms. The molecule has 5 aliphatic rings. The van der Waals surface area contributed by atoms with Gasteiger partial charge in [-0.3, -0.25) is 0 Å². The standard InChI is InChI=1S/C26H41NO4Si/c1-22(2)15-10-16(28)26(13-27)12-14-11-24(5,29)21(32(7,8)9)17(14)20-25(6,19(26)18(15)22)31-23(3,4)30-20/h14-16,18-20,28-29H,10-12H2,1-9H3/t14-,15?,16-,18+,19+,20-,24-,25+,26?/m1/s1. The minimum Gasteiger partial charge on any atom is -0.391 e. The molecule has 0 amide bonds. The average molecular weight is 460 g/mol. The first-order chi connectivity index (χ1) is 14.4. The van der Waals surface area contributed by atoms with Crippen LogP contribution in [-0.2, 0) is 9.47 Å². The highest BCUT2D eigenvalue weighted by Crippen LogP contribution is 2.76. The van der Waals surface area contributed by atoms with Crippen LogP contribution in [0, 0.1) is 45.8 Å². The number of rotatable bonds is 1. The summed E-state index contributed by atoms with van der Waals surface area (Å²) in [5, 5.41) is 35.1. The van der Waals surface area contributed by atoms with Gasteiger partial charge in [0.1, 0.15) is 11.7 Å². The molecule has 1 saturated heterocycles. The molecule has 0 bridgehead atoms. The summed E-state index contributed by atoms with van der Waals surface area (Å²) >= 11 is 0. The van der Waals surface area contributed by atoms with E-state index in [4.69, 9.17) is 9.47 Å². The molecule has 4 fully saturated rings. The fourth-order valence-corrected chi connectivity index (χ4v) is 12.1. The zero-order valence-electron chi connectivity index (χ0n) is 21.2. The Hall–Kier alpha value is -0.713. The predicted molar refractivity (Wildman–Crippen MR) is 125 cm³/mol. The van der Waals surface area contributed by atoms with Crippen LogP contribution in [0.25, 0.3) is 0 Å². The monoisotopic (exact) mass is 459 g/mol. The molecule has 0 aromatic heterocycles. The number of ether oxygens (including phenoxy) is 2. The molecular formula is C26H41NO4Si. The lowest BCUT2D eigenvalue weighted by atomic mass is 9.57. The molecule has 2 unspecified atom stereocenters. The van der Waals surface area contributed by atoms with Crippen molar-refractivity contribution in [2.45, 2.75) is 110 Å². The van der Waals surface area contributed by atoms with E-state index in [1.807, 2.05) is 20.8 Å². The molecule has 1 aliphatic heterocycles. The van der Waals surface area contributed by atoms with Crippen LogP contribution in [0.15, 0.2) is 10.8 Å². The predicted octanol–water partition coefficient (Wildman–Crippen LogP) is 4.41. The zero-order valence-corrected chi connectivity index (χ0v) is 22.2. The zero-order chi connectivity index (χ0) is 23.9. The number of hydrogen-bond acceptors (Lipinski definition) is 5. The van der Waals surface area contributed by atoms with Gasteiger partial charge in [0.05, 0.1) is 31.3 Å². The SMILES string of the molecule is CC1(C)O[C@@H]2C3=C([Si](C)(C)C)[C@](C)(O)C[C@@H]3CC3(C#N)[C@H](O)CC4[C@@H]([C@H]3[C@]2(C)O1)C4(C)C. The van der Waals surface area contributed by atoms with Gasteiger partial charge in [-0.2, -0.15) is 5.26 Å². The minimum absolute atomic E-state index is 0.0197. The first kappa shape index (κ1) is 23.0. The number of hydrogen-bond donors (Lipinski definition) is 2. The van der Waals surface area contributed by atoms with Crippen LogP contribution < -0.4 is 0 Å². The van der Waals surface area contributed by atoms with E-state index in [0.717, 1.165) is 0 Å². The molecule has 4 aliphatic carbocycles. The third-order valence-corrected chi connectivity index (χ3v) is 12.2. The van der Waals surface area contributed by atoms with Crippen LogP contribution in [0.5, 0.6) is 0 Å². The molecule has 1 heterocycles. The van der Waals surface area contributed by atoms with Crippen LogP contribution in [0.1, 0.15) is 60.8 Å². The van der Waals surface area contributed by atoms with Crippen molar-refractivity contribution in [2.24, 2.45) is 34.5 Å². The number of nitriles is 1. The second kappa shape index (κ2) is 6.09. The Bertz CT molecular complexity index is 940. The highest BCUT2D eigenvalue weighted by Gasteiger charge is 2.78. The van der Waals surface area contributed by atoms with E-state index in [1.54, 1.807) is 0 Å². The van der Waals surface area contributed by atoms with Gasteiger partial charge in [-0.25, -0.2) is 0 Å². The van der Waals surface area contributed by atoms with Crippen molar-refractivity contribution in [3.63, 3.8) is 0 Å². The molecule has 178 valence electrons. The number of aliphatic hydroxyl groups is 2. The summed E-state index contributed by atoms with van der Waals surface area (Å²) in [6, 6.07) is 2.68. The molecule has 32 heavy (non-hydrogen) atoms. The highest BCUT2D eigenvalue weighted by atomic mass is 28.3. The molecule has 0 aromatic carbocycles. The fourth-order valence-electron chi connectivity index (χ4n) is 9.19. The molecular weight excluding hydrogens is 418 g/mol. The van der Waals surface area contributed by atoms with Crippen LogP contribution in [-0.4, -0.2) is 47.5 Å². The molecule has 0 aromatic rings. The molecule has 5 nitrogen and oxygen atoms in total. The molecule has 5 rings (SSSR count). The minimum atomic E-state index is -1.92.